The lowest BCUT2D eigenvalue weighted by atomic mass is 9.77. The number of nitrogens with two attached hydrogens (primary N) is 1. The van der Waals surface area contributed by atoms with Gasteiger partial charge in [-0.3, -0.25) is 4.90 Å². The van der Waals surface area contributed by atoms with Crippen LogP contribution in [0.25, 0.3) is 0 Å². The van der Waals surface area contributed by atoms with E-state index in [1.54, 1.807) is 0 Å². The maximum absolute atomic E-state index is 12.5. The summed E-state index contributed by atoms with van der Waals surface area (Å²) in [7, 11) is 0. The highest BCUT2D eigenvalue weighted by Crippen LogP contribution is 2.31. The van der Waals surface area contributed by atoms with Crippen LogP contribution in [0.15, 0.2) is 0 Å². The predicted molar refractivity (Wildman–Crippen MR) is 67.3 cm³/mol. The molecule has 0 saturated heterocycles. The molecule has 0 heterocycles. The first-order valence-electron chi connectivity index (χ1n) is 6.82. The molecule has 1 saturated carbocycles. The average molecular weight is 266 g/mol. The van der Waals surface area contributed by atoms with Gasteiger partial charge in [0, 0.05) is 12.1 Å². The lowest BCUT2D eigenvalue weighted by Crippen LogP contribution is -2.54. The van der Waals surface area contributed by atoms with E-state index in [2.05, 4.69) is 6.92 Å². The third-order valence-corrected chi connectivity index (χ3v) is 3.61. The van der Waals surface area contributed by atoms with E-state index in [-0.39, 0.29) is 0 Å². The number of hydrogen-bond donors (Lipinski definition) is 1. The molecule has 0 radical (unpaired) electrons. The minimum absolute atomic E-state index is 0.366. The molecule has 108 valence electrons. The maximum Gasteiger partial charge on any atom is 0.401 e. The highest BCUT2D eigenvalue weighted by molar-refractivity contribution is 4.92. The zero-order valence-electron chi connectivity index (χ0n) is 11.4. The Hall–Kier alpha value is -0.290. The number of hydrogen-bond acceptors (Lipinski definition) is 2. The molecule has 18 heavy (non-hydrogen) atoms. The number of rotatable bonds is 5. The third kappa shape index (κ3) is 5.57. The van der Waals surface area contributed by atoms with Gasteiger partial charge < -0.3 is 5.73 Å². The summed E-state index contributed by atoms with van der Waals surface area (Å²) in [6, 6.07) is 0. The van der Waals surface area contributed by atoms with E-state index >= 15 is 0 Å². The van der Waals surface area contributed by atoms with E-state index < -0.39 is 18.3 Å². The van der Waals surface area contributed by atoms with E-state index in [0.717, 1.165) is 32.1 Å². The third-order valence-electron chi connectivity index (χ3n) is 3.61. The molecule has 1 rings (SSSR count). The van der Waals surface area contributed by atoms with Crippen LogP contribution in [0.1, 0.15) is 46.0 Å². The van der Waals surface area contributed by atoms with Crippen LogP contribution < -0.4 is 5.73 Å². The molecule has 2 atom stereocenters. The maximum atomic E-state index is 12.5. The van der Waals surface area contributed by atoms with E-state index in [0.29, 0.717) is 19.0 Å². The van der Waals surface area contributed by atoms with Crippen molar-refractivity contribution in [2.24, 2.45) is 11.7 Å². The molecule has 1 aliphatic carbocycles. The van der Waals surface area contributed by atoms with Crippen molar-refractivity contribution in [1.29, 1.82) is 0 Å². The van der Waals surface area contributed by atoms with Crippen molar-refractivity contribution in [3.63, 3.8) is 0 Å². The minimum Gasteiger partial charge on any atom is -0.324 e. The molecule has 0 aromatic rings. The summed E-state index contributed by atoms with van der Waals surface area (Å²) < 4.78 is 37.5. The lowest BCUT2D eigenvalue weighted by Gasteiger charge is -2.40. The Kier molecular flexibility index (Phi) is 5.46. The van der Waals surface area contributed by atoms with Crippen molar-refractivity contribution in [2.45, 2.75) is 57.7 Å². The van der Waals surface area contributed by atoms with Crippen LogP contribution in [0.3, 0.4) is 0 Å². The van der Waals surface area contributed by atoms with E-state index in [1.807, 2.05) is 6.92 Å². The molecule has 1 fully saturated rings. The van der Waals surface area contributed by atoms with Crippen LogP contribution in [0.4, 0.5) is 13.2 Å². The molecule has 2 unspecified atom stereocenters. The van der Waals surface area contributed by atoms with Crippen molar-refractivity contribution in [1.82, 2.24) is 4.90 Å². The molecular formula is C13H25F3N2. The molecule has 1 aliphatic rings. The Morgan fingerprint density at radius 2 is 2.06 bits per heavy atom. The molecule has 0 aliphatic heterocycles. The first kappa shape index (κ1) is 15.8. The predicted octanol–water partition coefficient (Wildman–Crippen LogP) is 3.17. The van der Waals surface area contributed by atoms with Crippen LogP contribution >= 0.6 is 0 Å². The first-order valence-corrected chi connectivity index (χ1v) is 6.82. The zero-order chi connectivity index (χ0) is 13.8. The van der Waals surface area contributed by atoms with Crippen molar-refractivity contribution in [2.75, 3.05) is 19.6 Å². The van der Waals surface area contributed by atoms with Gasteiger partial charge in [0.1, 0.15) is 0 Å². The molecule has 0 amide bonds. The van der Waals surface area contributed by atoms with Gasteiger partial charge in [0.15, 0.2) is 0 Å². The number of halogens is 3. The summed E-state index contributed by atoms with van der Waals surface area (Å²) in [6.45, 7) is 4.02. The smallest absolute Gasteiger partial charge is 0.324 e. The first-order chi connectivity index (χ1) is 8.24. The molecular weight excluding hydrogens is 241 g/mol. The van der Waals surface area contributed by atoms with E-state index in [9.17, 15) is 13.2 Å². The van der Waals surface area contributed by atoms with Gasteiger partial charge in [0.2, 0.25) is 0 Å². The highest BCUT2D eigenvalue weighted by Gasteiger charge is 2.36. The largest absolute Gasteiger partial charge is 0.401 e. The highest BCUT2D eigenvalue weighted by atomic mass is 19.4. The zero-order valence-corrected chi connectivity index (χ0v) is 11.4. The minimum atomic E-state index is -4.13. The molecule has 2 N–H and O–H groups in total. The van der Waals surface area contributed by atoms with Gasteiger partial charge >= 0.3 is 6.18 Å². The Morgan fingerprint density at radius 3 is 2.56 bits per heavy atom. The summed E-state index contributed by atoms with van der Waals surface area (Å²) in [5.74, 6) is 0.526. The van der Waals surface area contributed by atoms with Crippen molar-refractivity contribution in [3.05, 3.63) is 0 Å². The van der Waals surface area contributed by atoms with Gasteiger partial charge in [0.05, 0.1) is 6.54 Å². The topological polar surface area (TPSA) is 29.3 Å². The summed E-state index contributed by atoms with van der Waals surface area (Å²) in [6.07, 6.45) is 0.448. The van der Waals surface area contributed by atoms with Gasteiger partial charge in [0.25, 0.3) is 0 Å². The van der Waals surface area contributed by atoms with Gasteiger partial charge in [-0.1, -0.05) is 26.7 Å². The van der Waals surface area contributed by atoms with Gasteiger partial charge in [-0.05, 0) is 31.7 Å². The van der Waals surface area contributed by atoms with Crippen molar-refractivity contribution in [3.8, 4) is 0 Å². The second-order valence-electron chi connectivity index (χ2n) is 5.89. The number of alkyl halides is 3. The molecule has 0 aromatic carbocycles. The molecule has 0 bridgehead atoms. The van der Waals surface area contributed by atoms with Crippen LogP contribution in [0, 0.1) is 5.92 Å². The van der Waals surface area contributed by atoms with Crippen molar-refractivity contribution >= 4 is 0 Å². The van der Waals surface area contributed by atoms with Gasteiger partial charge in [-0.2, -0.15) is 13.2 Å². The van der Waals surface area contributed by atoms with Gasteiger partial charge in [-0.25, -0.2) is 0 Å². The summed E-state index contributed by atoms with van der Waals surface area (Å²) >= 11 is 0. The lowest BCUT2D eigenvalue weighted by molar-refractivity contribution is -0.148. The fourth-order valence-corrected chi connectivity index (χ4v) is 3.07. The Labute approximate surface area is 108 Å². The van der Waals surface area contributed by atoms with Crippen LogP contribution in [0.5, 0.6) is 0 Å². The van der Waals surface area contributed by atoms with Crippen LogP contribution in [-0.4, -0.2) is 36.2 Å². The Balaban J connectivity index is 2.58. The number of nitrogens with zero attached hydrogens (tertiary/aromatic N) is 1. The standard InChI is InChI=1S/C13H25F3N2/c1-3-7-18(10-13(14,15)16)9-12(17)6-4-5-11(2)8-12/h11H,3-10,17H2,1-2H3. The average Bonchev–Trinajstić information content (AvgIpc) is 2.13. The van der Waals surface area contributed by atoms with Crippen LogP contribution in [0.2, 0.25) is 0 Å². The van der Waals surface area contributed by atoms with Gasteiger partial charge in [-0.15, -0.1) is 0 Å². The fourth-order valence-electron chi connectivity index (χ4n) is 3.07. The molecule has 2 nitrogen and oxygen atoms in total. The normalized spacial score (nSPS) is 29.8. The monoisotopic (exact) mass is 266 g/mol. The SMILES string of the molecule is CCCN(CC(F)(F)F)CC1(N)CCCC(C)C1. The van der Waals surface area contributed by atoms with Crippen LogP contribution in [-0.2, 0) is 0 Å². The fraction of sp³-hybridized carbons (Fsp3) is 1.00. The Bertz CT molecular complexity index is 255. The van der Waals surface area contributed by atoms with E-state index in [4.69, 9.17) is 5.73 Å². The molecule has 0 aromatic heterocycles. The quantitative estimate of drug-likeness (QED) is 0.828. The summed E-state index contributed by atoms with van der Waals surface area (Å²) in [5, 5.41) is 0. The summed E-state index contributed by atoms with van der Waals surface area (Å²) in [5.41, 5.74) is 5.86. The molecule has 0 spiro atoms. The molecule has 5 heteroatoms. The van der Waals surface area contributed by atoms with Crippen molar-refractivity contribution < 1.29 is 13.2 Å². The van der Waals surface area contributed by atoms with E-state index in [1.165, 1.54) is 4.90 Å². The second-order valence-corrected chi connectivity index (χ2v) is 5.89. The Morgan fingerprint density at radius 1 is 1.39 bits per heavy atom. The second kappa shape index (κ2) is 6.24. The summed E-state index contributed by atoms with van der Waals surface area (Å²) in [4.78, 5) is 1.47.